The van der Waals surface area contributed by atoms with Crippen LogP contribution in [0.1, 0.15) is 12.2 Å². The lowest BCUT2D eigenvalue weighted by molar-refractivity contribution is 0.205. The predicted molar refractivity (Wildman–Crippen MR) is 63.9 cm³/mol. The molecule has 0 atom stereocenters. The van der Waals surface area contributed by atoms with E-state index in [1.165, 1.54) is 6.07 Å². The van der Waals surface area contributed by atoms with Gasteiger partial charge in [0.2, 0.25) is 0 Å². The number of aromatic amines is 1. The summed E-state index contributed by atoms with van der Waals surface area (Å²) in [6.45, 7) is 3.40. The van der Waals surface area contributed by atoms with Gasteiger partial charge in [-0.3, -0.25) is 4.79 Å². The monoisotopic (exact) mass is 236 g/mol. The summed E-state index contributed by atoms with van der Waals surface area (Å²) in [5.41, 5.74) is -0.188. The van der Waals surface area contributed by atoms with Crippen molar-refractivity contribution < 1.29 is 4.74 Å². The lowest BCUT2D eigenvalue weighted by Crippen LogP contribution is -2.30. The molecule has 92 valence electrons. The van der Waals surface area contributed by atoms with Crippen LogP contribution < -0.4 is 10.5 Å². The molecule has 0 aromatic carbocycles. The van der Waals surface area contributed by atoms with Crippen molar-refractivity contribution in [3.8, 4) is 6.07 Å². The number of hydrogen-bond donors (Lipinski definition) is 1. The Morgan fingerprint density at radius 1 is 1.59 bits per heavy atom. The van der Waals surface area contributed by atoms with Gasteiger partial charge >= 0.3 is 0 Å². The van der Waals surface area contributed by atoms with Crippen LogP contribution in [0, 0.1) is 18.3 Å². The number of aryl methyl sites for hydroxylation is 1. The van der Waals surface area contributed by atoms with E-state index < -0.39 is 0 Å². The highest BCUT2D eigenvalue weighted by Crippen LogP contribution is 2.07. The van der Waals surface area contributed by atoms with E-state index in [1.807, 2.05) is 4.90 Å². The third kappa shape index (κ3) is 4.25. The molecule has 0 aliphatic heterocycles. The maximum absolute atomic E-state index is 11.3. The minimum Gasteiger partial charge on any atom is -0.383 e. The third-order valence-corrected chi connectivity index (χ3v) is 2.23. The summed E-state index contributed by atoms with van der Waals surface area (Å²) in [6.07, 6.45) is 0.386. The molecule has 0 saturated carbocycles. The molecular formula is C11H16N4O2. The molecule has 1 aromatic rings. The van der Waals surface area contributed by atoms with E-state index in [-0.39, 0.29) is 5.56 Å². The standard InChI is InChI=1S/C11H16N4O2/c1-9-13-10(8-11(16)14-9)15(5-3-4-12)6-7-17-2/h8H,3,5-7H2,1-2H3,(H,13,14,16). The van der Waals surface area contributed by atoms with E-state index >= 15 is 0 Å². The van der Waals surface area contributed by atoms with Gasteiger partial charge in [0, 0.05) is 26.3 Å². The van der Waals surface area contributed by atoms with Crippen LogP contribution in [0.5, 0.6) is 0 Å². The van der Waals surface area contributed by atoms with Crippen LogP contribution in [-0.2, 0) is 4.74 Å². The van der Waals surface area contributed by atoms with Gasteiger partial charge in [-0.25, -0.2) is 4.98 Å². The summed E-state index contributed by atoms with van der Waals surface area (Å²) in [5, 5.41) is 8.60. The summed E-state index contributed by atoms with van der Waals surface area (Å²) in [5.74, 6) is 1.14. The van der Waals surface area contributed by atoms with Gasteiger partial charge in [0.25, 0.3) is 5.56 Å². The number of nitrogens with zero attached hydrogens (tertiary/aromatic N) is 3. The molecule has 0 aliphatic carbocycles. The lowest BCUT2D eigenvalue weighted by Gasteiger charge is -2.22. The molecule has 0 spiro atoms. The summed E-state index contributed by atoms with van der Waals surface area (Å²) >= 11 is 0. The average molecular weight is 236 g/mol. The summed E-state index contributed by atoms with van der Waals surface area (Å²) < 4.78 is 5.00. The molecule has 1 N–H and O–H groups in total. The van der Waals surface area contributed by atoms with Gasteiger partial charge in [0.1, 0.15) is 11.6 Å². The Bertz CT molecular complexity index is 450. The van der Waals surface area contributed by atoms with Crippen LogP contribution >= 0.6 is 0 Å². The maximum Gasteiger partial charge on any atom is 0.252 e. The first-order chi connectivity index (χ1) is 8.17. The average Bonchev–Trinajstić information content (AvgIpc) is 2.28. The number of ether oxygens (including phenoxy) is 1. The number of hydrogen-bond acceptors (Lipinski definition) is 5. The topological polar surface area (TPSA) is 82.0 Å². The van der Waals surface area contributed by atoms with E-state index in [4.69, 9.17) is 10.00 Å². The Balaban J connectivity index is 2.87. The van der Waals surface area contributed by atoms with E-state index in [1.54, 1.807) is 14.0 Å². The fourth-order valence-electron chi connectivity index (χ4n) is 1.45. The zero-order valence-electron chi connectivity index (χ0n) is 10.1. The first kappa shape index (κ1) is 13.2. The fraction of sp³-hybridized carbons (Fsp3) is 0.545. The third-order valence-electron chi connectivity index (χ3n) is 2.23. The van der Waals surface area contributed by atoms with Crippen molar-refractivity contribution >= 4 is 5.82 Å². The largest absolute Gasteiger partial charge is 0.383 e. The van der Waals surface area contributed by atoms with Gasteiger partial charge in [-0.1, -0.05) is 0 Å². The normalized spacial score (nSPS) is 9.94. The Morgan fingerprint density at radius 3 is 2.94 bits per heavy atom. The van der Waals surface area contributed by atoms with Crippen molar-refractivity contribution in [1.29, 1.82) is 5.26 Å². The SMILES string of the molecule is COCCN(CCC#N)c1cc(=O)[nH]c(C)n1. The van der Waals surface area contributed by atoms with Crippen molar-refractivity contribution in [2.75, 3.05) is 31.7 Å². The van der Waals surface area contributed by atoms with Crippen molar-refractivity contribution in [2.45, 2.75) is 13.3 Å². The molecule has 0 bridgehead atoms. The van der Waals surface area contributed by atoms with Crippen molar-refractivity contribution in [3.05, 3.63) is 22.2 Å². The first-order valence-electron chi connectivity index (χ1n) is 5.36. The molecule has 1 aromatic heterocycles. The van der Waals surface area contributed by atoms with Crippen molar-refractivity contribution in [1.82, 2.24) is 9.97 Å². The van der Waals surface area contributed by atoms with Crippen LogP contribution in [0.25, 0.3) is 0 Å². The molecule has 6 nitrogen and oxygen atoms in total. The molecule has 0 radical (unpaired) electrons. The number of aromatic nitrogens is 2. The highest BCUT2D eigenvalue weighted by molar-refractivity contribution is 5.37. The molecule has 0 unspecified atom stereocenters. The van der Waals surface area contributed by atoms with Gasteiger partial charge < -0.3 is 14.6 Å². The molecule has 1 heterocycles. The molecular weight excluding hydrogens is 220 g/mol. The van der Waals surface area contributed by atoms with E-state index in [0.717, 1.165) is 0 Å². The van der Waals surface area contributed by atoms with Crippen LogP contribution in [0.3, 0.4) is 0 Å². The van der Waals surface area contributed by atoms with Gasteiger partial charge in [-0.05, 0) is 6.92 Å². The number of anilines is 1. The molecule has 0 aliphatic rings. The summed E-state index contributed by atoms with van der Waals surface area (Å²) in [4.78, 5) is 20.0. The second kappa shape index (κ2) is 6.66. The predicted octanol–water partition coefficient (Wildman–Crippen LogP) is 0.445. The Kier molecular flexibility index (Phi) is 5.17. The van der Waals surface area contributed by atoms with E-state index in [0.29, 0.717) is 37.8 Å². The van der Waals surface area contributed by atoms with Crippen LogP contribution in [0.2, 0.25) is 0 Å². The second-order valence-electron chi connectivity index (χ2n) is 3.58. The minimum absolute atomic E-state index is 0.188. The zero-order chi connectivity index (χ0) is 12.7. The number of nitriles is 1. The Morgan fingerprint density at radius 2 is 2.35 bits per heavy atom. The van der Waals surface area contributed by atoms with Gasteiger partial charge in [-0.15, -0.1) is 0 Å². The molecule has 0 saturated heterocycles. The number of rotatable bonds is 6. The van der Waals surface area contributed by atoms with E-state index in [2.05, 4.69) is 16.0 Å². The lowest BCUT2D eigenvalue weighted by atomic mass is 10.3. The van der Waals surface area contributed by atoms with Gasteiger partial charge in [0.15, 0.2) is 0 Å². The zero-order valence-corrected chi connectivity index (χ0v) is 10.1. The number of nitrogens with one attached hydrogen (secondary N) is 1. The van der Waals surface area contributed by atoms with Crippen LogP contribution in [0.4, 0.5) is 5.82 Å². The highest BCUT2D eigenvalue weighted by atomic mass is 16.5. The first-order valence-corrected chi connectivity index (χ1v) is 5.36. The van der Waals surface area contributed by atoms with Crippen molar-refractivity contribution in [2.24, 2.45) is 0 Å². The molecule has 0 amide bonds. The van der Waals surface area contributed by atoms with Crippen molar-refractivity contribution in [3.63, 3.8) is 0 Å². The fourth-order valence-corrected chi connectivity index (χ4v) is 1.45. The summed E-state index contributed by atoms with van der Waals surface area (Å²) in [7, 11) is 1.61. The molecule has 0 fully saturated rings. The molecule has 6 heteroatoms. The molecule has 1 rings (SSSR count). The summed E-state index contributed by atoms with van der Waals surface area (Å²) in [6, 6.07) is 3.51. The van der Waals surface area contributed by atoms with Gasteiger partial charge in [0.05, 0.1) is 19.1 Å². The minimum atomic E-state index is -0.188. The van der Waals surface area contributed by atoms with Crippen LogP contribution in [0.15, 0.2) is 10.9 Å². The smallest absolute Gasteiger partial charge is 0.252 e. The molecule has 17 heavy (non-hydrogen) atoms. The highest BCUT2D eigenvalue weighted by Gasteiger charge is 2.08. The Hall–Kier alpha value is -1.87. The maximum atomic E-state index is 11.3. The van der Waals surface area contributed by atoms with Crippen LogP contribution in [-0.4, -0.2) is 36.8 Å². The Labute approximate surface area is 99.9 Å². The number of methoxy groups -OCH3 is 1. The number of H-pyrrole nitrogens is 1. The second-order valence-corrected chi connectivity index (χ2v) is 3.58. The van der Waals surface area contributed by atoms with Gasteiger partial charge in [-0.2, -0.15) is 5.26 Å². The quantitative estimate of drug-likeness (QED) is 0.775. The van der Waals surface area contributed by atoms with E-state index in [9.17, 15) is 4.79 Å².